The van der Waals surface area contributed by atoms with Gasteiger partial charge in [0, 0.05) is 25.2 Å². The summed E-state index contributed by atoms with van der Waals surface area (Å²) in [5.41, 5.74) is 0. The van der Waals surface area contributed by atoms with Gasteiger partial charge >= 0.3 is 5.97 Å². The van der Waals surface area contributed by atoms with Crippen LogP contribution in [0.15, 0.2) is 12.2 Å². The Hall–Kier alpha value is -1.31. The lowest BCUT2D eigenvalue weighted by molar-refractivity contribution is -0.140. The second-order valence-electron chi connectivity index (χ2n) is 6.91. The SMILES string of the molecule is CCCCCC(O)C=CC1CCC(O)C1CC#CCCCC(=O)OC. The Morgan fingerprint density at radius 2 is 2.08 bits per heavy atom. The Labute approximate surface area is 152 Å². The highest BCUT2D eigenvalue weighted by Gasteiger charge is 2.32. The maximum atomic E-state index is 11.0. The van der Waals surface area contributed by atoms with Crippen molar-refractivity contribution >= 4 is 5.97 Å². The average Bonchev–Trinajstić information content (AvgIpc) is 2.96. The van der Waals surface area contributed by atoms with E-state index in [1.807, 2.05) is 6.08 Å². The first-order valence-electron chi connectivity index (χ1n) is 9.65. The van der Waals surface area contributed by atoms with Crippen LogP contribution >= 0.6 is 0 Å². The number of ether oxygens (including phenoxy) is 1. The van der Waals surface area contributed by atoms with Gasteiger partial charge in [0.15, 0.2) is 0 Å². The highest BCUT2D eigenvalue weighted by molar-refractivity contribution is 5.69. The van der Waals surface area contributed by atoms with Gasteiger partial charge < -0.3 is 14.9 Å². The van der Waals surface area contributed by atoms with Crippen LogP contribution < -0.4 is 0 Å². The largest absolute Gasteiger partial charge is 0.469 e. The van der Waals surface area contributed by atoms with E-state index in [0.717, 1.165) is 38.5 Å². The predicted octanol–water partition coefficient (Wildman–Crippen LogP) is 3.61. The van der Waals surface area contributed by atoms with Gasteiger partial charge in [-0.25, -0.2) is 0 Å². The molecule has 0 aromatic heterocycles. The molecule has 1 aliphatic rings. The molecule has 0 aromatic carbocycles. The Morgan fingerprint density at radius 1 is 1.28 bits per heavy atom. The molecule has 4 heteroatoms. The number of esters is 1. The molecule has 25 heavy (non-hydrogen) atoms. The van der Waals surface area contributed by atoms with Gasteiger partial charge in [0.2, 0.25) is 0 Å². The number of methoxy groups -OCH3 is 1. The summed E-state index contributed by atoms with van der Waals surface area (Å²) in [5.74, 6) is 6.48. The maximum Gasteiger partial charge on any atom is 0.305 e. The highest BCUT2D eigenvalue weighted by atomic mass is 16.5. The van der Waals surface area contributed by atoms with Crippen LogP contribution in [0.5, 0.6) is 0 Å². The third kappa shape index (κ3) is 9.09. The summed E-state index contributed by atoms with van der Waals surface area (Å²) >= 11 is 0. The van der Waals surface area contributed by atoms with E-state index in [9.17, 15) is 15.0 Å². The molecule has 2 N–H and O–H groups in total. The van der Waals surface area contributed by atoms with E-state index in [1.165, 1.54) is 7.11 Å². The Kier molecular flexibility index (Phi) is 11.3. The van der Waals surface area contributed by atoms with E-state index in [2.05, 4.69) is 29.6 Å². The topological polar surface area (TPSA) is 66.8 Å². The minimum absolute atomic E-state index is 0.146. The van der Waals surface area contributed by atoms with Crippen LogP contribution in [0.3, 0.4) is 0 Å². The molecule has 1 rings (SSSR count). The molecular formula is C21H34O4. The first-order valence-corrected chi connectivity index (χ1v) is 9.65. The molecule has 1 saturated carbocycles. The van der Waals surface area contributed by atoms with Gasteiger partial charge in [-0.2, -0.15) is 0 Å². The molecule has 0 amide bonds. The lowest BCUT2D eigenvalue weighted by Gasteiger charge is -2.17. The van der Waals surface area contributed by atoms with Crippen molar-refractivity contribution < 1.29 is 19.7 Å². The second-order valence-corrected chi connectivity index (χ2v) is 6.91. The van der Waals surface area contributed by atoms with E-state index in [0.29, 0.717) is 31.6 Å². The number of carbonyl (C=O) groups is 1. The fourth-order valence-electron chi connectivity index (χ4n) is 3.28. The lowest BCUT2D eigenvalue weighted by Crippen LogP contribution is -2.17. The van der Waals surface area contributed by atoms with Crippen LogP contribution in [0.4, 0.5) is 0 Å². The van der Waals surface area contributed by atoms with Gasteiger partial charge in [-0.15, -0.1) is 11.8 Å². The van der Waals surface area contributed by atoms with Crippen molar-refractivity contribution in [2.75, 3.05) is 7.11 Å². The Bertz CT molecular complexity index is 460. The zero-order chi connectivity index (χ0) is 18.5. The fraction of sp³-hybridized carbons (Fsp3) is 0.762. The average molecular weight is 350 g/mol. The van der Waals surface area contributed by atoms with Crippen molar-refractivity contribution in [1.29, 1.82) is 0 Å². The van der Waals surface area contributed by atoms with Crippen molar-refractivity contribution in [2.45, 2.75) is 83.3 Å². The molecule has 4 unspecified atom stereocenters. The zero-order valence-corrected chi connectivity index (χ0v) is 15.7. The number of allylic oxidation sites excluding steroid dienone is 1. The minimum Gasteiger partial charge on any atom is -0.469 e. The minimum atomic E-state index is -0.380. The van der Waals surface area contributed by atoms with Crippen LogP contribution in [0.25, 0.3) is 0 Å². The van der Waals surface area contributed by atoms with Gasteiger partial charge in [-0.3, -0.25) is 4.79 Å². The van der Waals surface area contributed by atoms with Crippen LogP contribution in [-0.4, -0.2) is 35.5 Å². The molecule has 0 saturated heterocycles. The normalized spacial score (nSPS) is 24.1. The standard InChI is InChI=1S/C21H34O4/c1-3-4-7-10-18(22)15-13-17-14-16-20(23)19(17)11-8-5-6-9-12-21(24)25-2/h13,15,17-20,22-23H,3-4,6-7,9-12,14,16H2,1-2H3. The third-order valence-corrected chi connectivity index (χ3v) is 4.90. The number of aliphatic hydroxyl groups excluding tert-OH is 2. The summed E-state index contributed by atoms with van der Waals surface area (Å²) in [7, 11) is 1.39. The molecule has 0 aliphatic heterocycles. The molecule has 0 spiro atoms. The number of carbonyl (C=O) groups excluding carboxylic acids is 1. The zero-order valence-electron chi connectivity index (χ0n) is 15.7. The van der Waals surface area contributed by atoms with Gasteiger partial charge in [0.1, 0.15) is 0 Å². The van der Waals surface area contributed by atoms with Crippen LogP contribution in [0.1, 0.15) is 71.1 Å². The van der Waals surface area contributed by atoms with Crippen LogP contribution in [0, 0.1) is 23.7 Å². The highest BCUT2D eigenvalue weighted by Crippen LogP contribution is 2.35. The van der Waals surface area contributed by atoms with Gasteiger partial charge in [0.05, 0.1) is 19.3 Å². The van der Waals surface area contributed by atoms with E-state index >= 15 is 0 Å². The second kappa shape index (κ2) is 13.0. The smallest absolute Gasteiger partial charge is 0.305 e. The van der Waals surface area contributed by atoms with Crippen molar-refractivity contribution in [1.82, 2.24) is 0 Å². The van der Waals surface area contributed by atoms with Crippen molar-refractivity contribution in [2.24, 2.45) is 11.8 Å². The molecule has 0 bridgehead atoms. The number of aliphatic hydroxyl groups is 2. The summed E-state index contributed by atoms with van der Waals surface area (Å²) in [4.78, 5) is 11.0. The lowest BCUT2D eigenvalue weighted by atomic mass is 9.91. The summed E-state index contributed by atoms with van der Waals surface area (Å²) in [6.45, 7) is 2.16. The molecule has 1 fully saturated rings. The molecule has 142 valence electrons. The first kappa shape index (κ1) is 21.7. The monoisotopic (exact) mass is 350 g/mol. The van der Waals surface area contributed by atoms with Crippen LogP contribution in [-0.2, 0) is 9.53 Å². The fourth-order valence-corrected chi connectivity index (χ4v) is 3.28. The van der Waals surface area contributed by atoms with E-state index in [-0.39, 0.29) is 24.1 Å². The quantitative estimate of drug-likeness (QED) is 0.273. The van der Waals surface area contributed by atoms with Crippen molar-refractivity contribution in [3.8, 4) is 11.8 Å². The van der Waals surface area contributed by atoms with Crippen molar-refractivity contribution in [3.63, 3.8) is 0 Å². The number of rotatable bonds is 10. The summed E-state index contributed by atoms with van der Waals surface area (Å²) < 4.78 is 4.59. The van der Waals surface area contributed by atoms with E-state index in [1.54, 1.807) is 0 Å². The van der Waals surface area contributed by atoms with Gasteiger partial charge in [-0.05, 0) is 31.6 Å². The molecule has 0 heterocycles. The first-order chi connectivity index (χ1) is 12.1. The maximum absolute atomic E-state index is 11.0. The molecule has 4 nitrogen and oxygen atoms in total. The molecule has 0 radical (unpaired) electrons. The van der Waals surface area contributed by atoms with E-state index in [4.69, 9.17) is 0 Å². The Balaban J connectivity index is 2.37. The molecule has 4 atom stereocenters. The number of hydrogen-bond acceptors (Lipinski definition) is 4. The Morgan fingerprint density at radius 3 is 2.80 bits per heavy atom. The summed E-state index contributed by atoms with van der Waals surface area (Å²) in [6.07, 6.45) is 11.7. The van der Waals surface area contributed by atoms with Gasteiger partial charge in [0.25, 0.3) is 0 Å². The van der Waals surface area contributed by atoms with Gasteiger partial charge in [-0.1, -0.05) is 38.3 Å². The predicted molar refractivity (Wildman–Crippen MR) is 99.8 cm³/mol. The molecule has 1 aliphatic carbocycles. The van der Waals surface area contributed by atoms with Crippen LogP contribution in [0.2, 0.25) is 0 Å². The molecular weight excluding hydrogens is 316 g/mol. The molecule has 0 aromatic rings. The van der Waals surface area contributed by atoms with E-state index < -0.39 is 0 Å². The number of hydrogen-bond donors (Lipinski definition) is 2. The summed E-state index contributed by atoms with van der Waals surface area (Å²) in [5, 5.41) is 20.2. The van der Waals surface area contributed by atoms with Crippen molar-refractivity contribution in [3.05, 3.63) is 12.2 Å². The number of unbranched alkanes of at least 4 members (excludes halogenated alkanes) is 3. The summed E-state index contributed by atoms with van der Waals surface area (Å²) in [6, 6.07) is 0. The third-order valence-electron chi connectivity index (χ3n) is 4.90.